The molecule has 0 spiro atoms. The molecule has 0 amide bonds. The summed E-state index contributed by atoms with van der Waals surface area (Å²) in [6.07, 6.45) is 1.60. The van der Waals surface area contributed by atoms with E-state index >= 15 is 0 Å². The van der Waals surface area contributed by atoms with E-state index in [0.29, 0.717) is 29.5 Å². The molecule has 0 saturated heterocycles. The number of pyridine rings is 1. The van der Waals surface area contributed by atoms with Crippen molar-refractivity contribution in [1.29, 1.82) is 0 Å². The van der Waals surface area contributed by atoms with Gasteiger partial charge in [-0.1, -0.05) is 12.1 Å². The molecule has 3 rings (SSSR count). The summed E-state index contributed by atoms with van der Waals surface area (Å²) in [6, 6.07) is 15.0. The van der Waals surface area contributed by atoms with Crippen molar-refractivity contribution in [3.63, 3.8) is 0 Å². The molecule has 138 valence electrons. The highest BCUT2D eigenvalue weighted by Gasteiger charge is 2.11. The highest BCUT2D eigenvalue weighted by Crippen LogP contribution is 2.28. The van der Waals surface area contributed by atoms with Crippen LogP contribution >= 0.6 is 12.3 Å². The lowest BCUT2D eigenvalue weighted by Crippen LogP contribution is -1.98. The maximum Gasteiger partial charge on any atom is 0.339 e. The number of phenols is 1. The number of nitrogens with one attached hydrogen (secondary N) is 1. The van der Waals surface area contributed by atoms with Gasteiger partial charge >= 0.3 is 5.97 Å². The Morgan fingerprint density at radius 1 is 1.11 bits per heavy atom. The van der Waals surface area contributed by atoms with Crippen LogP contribution in [0.2, 0.25) is 0 Å². The number of rotatable bonds is 7. The first-order valence-corrected chi connectivity index (χ1v) is 8.33. The maximum atomic E-state index is 11.2. The van der Waals surface area contributed by atoms with Crippen molar-refractivity contribution in [2.45, 2.75) is 0 Å². The lowest BCUT2D eigenvalue weighted by atomic mass is 10.0. The summed E-state index contributed by atoms with van der Waals surface area (Å²) in [7, 11) is 0. The quantitative estimate of drug-likeness (QED) is 0.355. The molecule has 9 heteroatoms. The van der Waals surface area contributed by atoms with Crippen LogP contribution in [0.5, 0.6) is 11.5 Å². The summed E-state index contributed by atoms with van der Waals surface area (Å²) in [6.45, 7) is 0. The van der Waals surface area contributed by atoms with Crippen LogP contribution in [0.15, 0.2) is 60.8 Å². The topological polar surface area (TPSA) is 127 Å². The molecule has 0 aliphatic carbocycles. The third kappa shape index (κ3) is 4.67. The van der Waals surface area contributed by atoms with Crippen molar-refractivity contribution in [2.24, 2.45) is 5.90 Å². The Hall–Kier alpha value is -3.27. The van der Waals surface area contributed by atoms with Crippen LogP contribution in [0.25, 0.3) is 11.1 Å². The van der Waals surface area contributed by atoms with Crippen LogP contribution in [-0.4, -0.2) is 21.2 Å². The monoisotopic (exact) mass is 385 g/mol. The SMILES string of the molecule is NOSOc1cccc(Nc2cc(-c3ccc(O)c(C(=O)O)c3)ccn2)c1. The molecule has 0 radical (unpaired) electrons. The van der Waals surface area contributed by atoms with E-state index in [4.69, 9.17) is 15.2 Å². The standard InChI is InChI=1S/C18H15N3O5S/c19-26-27-25-14-3-1-2-13(10-14)21-17-9-12(6-7-20-17)11-4-5-16(22)15(8-11)18(23)24/h1-10,22H,19H2,(H,20,21)(H,23,24). The normalized spacial score (nSPS) is 10.4. The van der Waals surface area contributed by atoms with Gasteiger partial charge in [0.1, 0.15) is 22.9 Å². The first kappa shape index (κ1) is 18.5. The number of carboxylic acids is 1. The molecule has 1 heterocycles. The lowest BCUT2D eigenvalue weighted by molar-refractivity contribution is 0.0694. The highest BCUT2D eigenvalue weighted by molar-refractivity contribution is 7.90. The van der Waals surface area contributed by atoms with Crippen LogP contribution in [0.3, 0.4) is 0 Å². The van der Waals surface area contributed by atoms with E-state index in [-0.39, 0.29) is 11.3 Å². The molecule has 0 unspecified atom stereocenters. The number of aromatic carboxylic acids is 1. The Balaban J connectivity index is 1.84. The summed E-state index contributed by atoms with van der Waals surface area (Å²) >= 11 is 0.647. The van der Waals surface area contributed by atoms with Gasteiger partial charge in [0.25, 0.3) is 0 Å². The van der Waals surface area contributed by atoms with Crippen LogP contribution in [0, 0.1) is 0 Å². The van der Waals surface area contributed by atoms with E-state index in [0.717, 1.165) is 11.3 Å². The fourth-order valence-electron chi connectivity index (χ4n) is 2.40. The Bertz CT molecular complexity index is 967. The lowest BCUT2D eigenvalue weighted by Gasteiger charge is -2.10. The Labute approximate surface area is 158 Å². The van der Waals surface area contributed by atoms with E-state index < -0.39 is 5.97 Å². The van der Waals surface area contributed by atoms with Gasteiger partial charge < -0.3 is 19.7 Å². The number of carboxylic acid groups (broad SMARTS) is 1. The zero-order chi connectivity index (χ0) is 19.2. The van der Waals surface area contributed by atoms with Crippen molar-refractivity contribution < 1.29 is 23.5 Å². The van der Waals surface area contributed by atoms with Crippen molar-refractivity contribution >= 4 is 29.8 Å². The van der Waals surface area contributed by atoms with Crippen LogP contribution in [0.1, 0.15) is 10.4 Å². The van der Waals surface area contributed by atoms with Gasteiger partial charge in [0.2, 0.25) is 12.3 Å². The van der Waals surface area contributed by atoms with Crippen LogP contribution in [0.4, 0.5) is 11.5 Å². The second kappa shape index (κ2) is 8.41. The predicted octanol–water partition coefficient (Wildman–Crippen LogP) is 3.73. The summed E-state index contributed by atoms with van der Waals surface area (Å²) in [5, 5.41) is 22.0. The zero-order valence-corrected chi connectivity index (χ0v) is 14.6. The summed E-state index contributed by atoms with van der Waals surface area (Å²) in [4.78, 5) is 15.5. The largest absolute Gasteiger partial charge is 0.507 e. The van der Waals surface area contributed by atoms with Gasteiger partial charge in [-0.05, 0) is 47.5 Å². The van der Waals surface area contributed by atoms with Gasteiger partial charge in [-0.3, -0.25) is 0 Å². The second-order valence-electron chi connectivity index (χ2n) is 5.37. The molecule has 27 heavy (non-hydrogen) atoms. The first-order valence-electron chi connectivity index (χ1n) is 7.67. The van der Waals surface area contributed by atoms with Crippen LogP contribution < -0.4 is 15.4 Å². The number of hydrogen-bond acceptors (Lipinski definition) is 8. The van der Waals surface area contributed by atoms with E-state index in [1.807, 2.05) is 6.07 Å². The average Bonchev–Trinajstić information content (AvgIpc) is 2.67. The number of aromatic nitrogens is 1. The number of hydrogen-bond donors (Lipinski definition) is 4. The molecule has 0 fully saturated rings. The van der Waals surface area contributed by atoms with Gasteiger partial charge in [0.15, 0.2) is 0 Å². The molecule has 0 aliphatic heterocycles. The van der Waals surface area contributed by atoms with E-state index in [2.05, 4.69) is 14.6 Å². The Morgan fingerprint density at radius 3 is 2.70 bits per heavy atom. The number of anilines is 2. The molecule has 0 atom stereocenters. The minimum Gasteiger partial charge on any atom is -0.507 e. The van der Waals surface area contributed by atoms with E-state index in [1.54, 1.807) is 42.6 Å². The van der Waals surface area contributed by atoms with E-state index in [9.17, 15) is 9.90 Å². The predicted molar refractivity (Wildman–Crippen MR) is 102 cm³/mol. The van der Waals surface area contributed by atoms with Gasteiger partial charge in [-0.2, -0.15) is 10.2 Å². The van der Waals surface area contributed by atoms with Crippen molar-refractivity contribution in [2.75, 3.05) is 5.32 Å². The minimum atomic E-state index is -1.20. The summed E-state index contributed by atoms with van der Waals surface area (Å²) in [5.41, 5.74) is 1.95. The van der Waals surface area contributed by atoms with Crippen LogP contribution in [-0.2, 0) is 4.28 Å². The number of carbonyl (C=O) groups is 1. The number of aromatic hydroxyl groups is 1. The minimum absolute atomic E-state index is 0.164. The van der Waals surface area contributed by atoms with E-state index in [1.165, 1.54) is 12.1 Å². The number of nitrogens with two attached hydrogens (primary N) is 1. The fourth-order valence-corrected chi connectivity index (χ4v) is 2.62. The summed E-state index contributed by atoms with van der Waals surface area (Å²) < 4.78 is 9.51. The number of nitrogens with zero attached hydrogens (tertiary/aromatic N) is 1. The maximum absolute atomic E-state index is 11.2. The molecule has 0 saturated carbocycles. The molecule has 3 aromatic rings. The molecule has 2 aromatic carbocycles. The van der Waals surface area contributed by atoms with Crippen molar-refractivity contribution in [3.8, 4) is 22.6 Å². The average molecular weight is 385 g/mol. The molecule has 0 bridgehead atoms. The summed E-state index contributed by atoms with van der Waals surface area (Å²) in [5.74, 6) is 4.52. The molecule has 1 aromatic heterocycles. The zero-order valence-electron chi connectivity index (χ0n) is 13.8. The van der Waals surface area contributed by atoms with Gasteiger partial charge in [-0.15, -0.1) is 0 Å². The van der Waals surface area contributed by atoms with Crippen molar-refractivity contribution in [3.05, 3.63) is 66.4 Å². The second-order valence-corrected chi connectivity index (χ2v) is 5.86. The molecular weight excluding hydrogens is 370 g/mol. The molecule has 5 N–H and O–H groups in total. The number of benzene rings is 2. The Kier molecular flexibility index (Phi) is 5.77. The third-order valence-electron chi connectivity index (χ3n) is 3.60. The fraction of sp³-hybridized carbons (Fsp3) is 0. The molecule has 8 nitrogen and oxygen atoms in total. The van der Waals surface area contributed by atoms with Gasteiger partial charge in [-0.25, -0.2) is 9.78 Å². The highest BCUT2D eigenvalue weighted by atomic mass is 32.2. The van der Waals surface area contributed by atoms with Gasteiger partial charge in [0.05, 0.1) is 0 Å². The third-order valence-corrected chi connectivity index (χ3v) is 3.94. The molecule has 0 aliphatic rings. The van der Waals surface area contributed by atoms with Gasteiger partial charge in [0, 0.05) is 18.0 Å². The van der Waals surface area contributed by atoms with Crippen molar-refractivity contribution in [1.82, 2.24) is 4.98 Å². The molecular formula is C18H15N3O5S. The Morgan fingerprint density at radius 2 is 1.93 bits per heavy atom. The first-order chi connectivity index (χ1) is 13.1. The smallest absolute Gasteiger partial charge is 0.339 e.